The van der Waals surface area contributed by atoms with Crippen molar-refractivity contribution >= 4 is 17.4 Å². The van der Waals surface area contributed by atoms with Gasteiger partial charge in [0.25, 0.3) is 5.91 Å². The van der Waals surface area contributed by atoms with Gasteiger partial charge in [0.15, 0.2) is 12.4 Å². The Kier molecular flexibility index (Phi) is 6.42. The molecule has 0 unspecified atom stereocenters. The summed E-state index contributed by atoms with van der Waals surface area (Å²) in [7, 11) is 0. The molecule has 0 radical (unpaired) electrons. The molecule has 1 amide bonds. The molecule has 1 aliphatic rings. The van der Waals surface area contributed by atoms with Gasteiger partial charge >= 0.3 is 0 Å². The molecular formula is C24H24N4O3. The van der Waals surface area contributed by atoms with Crippen LogP contribution in [0.5, 0.6) is 5.75 Å². The number of benzene rings is 2. The molecule has 3 aromatic rings. The Labute approximate surface area is 181 Å². The van der Waals surface area contributed by atoms with Gasteiger partial charge in [-0.1, -0.05) is 41.6 Å². The number of amides is 1. The number of hydrogen-bond donors (Lipinski definition) is 1. The number of aryl methyl sites for hydroxylation is 1. The second kappa shape index (κ2) is 9.75. The van der Waals surface area contributed by atoms with Gasteiger partial charge in [0.05, 0.1) is 0 Å². The van der Waals surface area contributed by atoms with E-state index in [0.717, 1.165) is 24.1 Å². The lowest BCUT2D eigenvalue weighted by atomic mass is 10.0. The fourth-order valence-corrected chi connectivity index (χ4v) is 3.48. The van der Waals surface area contributed by atoms with Crippen LogP contribution in [0.25, 0.3) is 0 Å². The first-order valence-electron chi connectivity index (χ1n) is 10.2. The first-order valence-corrected chi connectivity index (χ1v) is 10.2. The van der Waals surface area contributed by atoms with E-state index in [1.807, 2.05) is 48.5 Å². The van der Waals surface area contributed by atoms with Crippen LogP contribution in [-0.2, 0) is 22.7 Å². The number of ether oxygens (including phenoxy) is 1. The number of oxime groups is 1. The van der Waals surface area contributed by atoms with Gasteiger partial charge in [0.1, 0.15) is 12.4 Å². The number of aromatic nitrogens is 1. The molecule has 0 bridgehead atoms. The minimum atomic E-state index is -0.174. The van der Waals surface area contributed by atoms with Crippen molar-refractivity contribution < 1.29 is 14.4 Å². The zero-order valence-corrected chi connectivity index (χ0v) is 17.1. The van der Waals surface area contributed by atoms with Gasteiger partial charge in [-0.15, -0.1) is 0 Å². The van der Waals surface area contributed by atoms with Crippen LogP contribution < -0.4 is 15.4 Å². The highest BCUT2D eigenvalue weighted by Gasteiger charge is 2.22. The average Bonchev–Trinajstić information content (AvgIpc) is 2.83. The number of para-hydroxylation sites is 1. The summed E-state index contributed by atoms with van der Waals surface area (Å²) < 4.78 is 5.79. The van der Waals surface area contributed by atoms with Crippen LogP contribution in [0, 0.1) is 0 Å². The molecule has 1 aromatic heterocycles. The van der Waals surface area contributed by atoms with E-state index in [1.54, 1.807) is 23.4 Å². The Bertz CT molecular complexity index is 1070. The minimum Gasteiger partial charge on any atom is -0.489 e. The number of rotatable bonds is 7. The summed E-state index contributed by atoms with van der Waals surface area (Å²) in [6, 6.07) is 19.0. The van der Waals surface area contributed by atoms with E-state index in [9.17, 15) is 4.79 Å². The largest absolute Gasteiger partial charge is 0.489 e. The zero-order chi connectivity index (χ0) is 21.5. The van der Waals surface area contributed by atoms with Crippen molar-refractivity contribution in [3.63, 3.8) is 0 Å². The van der Waals surface area contributed by atoms with E-state index in [0.29, 0.717) is 24.5 Å². The number of nitrogens with zero attached hydrogens (tertiary/aromatic N) is 3. The number of fused-ring (bicyclic) bond motifs is 1. The first kappa shape index (κ1) is 20.4. The van der Waals surface area contributed by atoms with Gasteiger partial charge in [0, 0.05) is 35.8 Å². The average molecular weight is 416 g/mol. The lowest BCUT2D eigenvalue weighted by Crippen LogP contribution is -2.37. The van der Waals surface area contributed by atoms with E-state index >= 15 is 0 Å². The molecule has 2 N–H and O–H groups in total. The molecule has 2 heterocycles. The maximum atomic E-state index is 12.6. The molecule has 1 aliphatic heterocycles. The molecule has 0 atom stereocenters. The van der Waals surface area contributed by atoms with E-state index in [4.69, 9.17) is 15.3 Å². The van der Waals surface area contributed by atoms with Crippen LogP contribution in [-0.4, -0.2) is 29.9 Å². The lowest BCUT2D eigenvalue weighted by molar-refractivity contribution is -0.123. The summed E-state index contributed by atoms with van der Waals surface area (Å²) >= 11 is 0. The molecule has 4 rings (SSSR count). The molecular weight excluding hydrogens is 392 g/mol. The van der Waals surface area contributed by atoms with Crippen LogP contribution in [0.4, 0.5) is 5.69 Å². The Morgan fingerprint density at radius 1 is 1.13 bits per heavy atom. The van der Waals surface area contributed by atoms with Gasteiger partial charge in [-0.05, 0) is 42.7 Å². The molecule has 7 nitrogen and oxygen atoms in total. The molecule has 2 aromatic carbocycles. The smallest absolute Gasteiger partial charge is 0.267 e. The number of carbonyl (C=O) groups is 1. The Hall–Kier alpha value is -3.87. The summed E-state index contributed by atoms with van der Waals surface area (Å²) in [5.41, 5.74) is 9.78. The van der Waals surface area contributed by atoms with E-state index < -0.39 is 0 Å². The standard InChI is InChI=1S/C24H24N4O3/c25-24(20-8-3-10-21(14-20)30-16-18-6-4-12-26-15-18)27-31-17-23(29)28-13-5-9-19-7-1-2-11-22(19)28/h1-4,6-8,10-12,14-15H,5,9,13,16-17H2,(H2,25,27). The third-order valence-corrected chi connectivity index (χ3v) is 5.02. The number of pyridine rings is 1. The summed E-state index contributed by atoms with van der Waals surface area (Å²) in [5.74, 6) is 0.691. The second-order valence-electron chi connectivity index (χ2n) is 7.21. The Morgan fingerprint density at radius 2 is 2.03 bits per heavy atom. The molecule has 0 saturated carbocycles. The molecule has 31 heavy (non-hydrogen) atoms. The van der Waals surface area contributed by atoms with Crippen molar-refractivity contribution in [2.45, 2.75) is 19.4 Å². The number of hydrogen-bond acceptors (Lipinski definition) is 5. The monoisotopic (exact) mass is 416 g/mol. The Balaban J connectivity index is 1.34. The van der Waals surface area contributed by atoms with Crippen LogP contribution in [0.15, 0.2) is 78.2 Å². The van der Waals surface area contributed by atoms with Gasteiger partial charge in [-0.3, -0.25) is 9.78 Å². The van der Waals surface area contributed by atoms with Crippen LogP contribution >= 0.6 is 0 Å². The topological polar surface area (TPSA) is 90.0 Å². The van der Waals surface area contributed by atoms with Gasteiger partial charge < -0.3 is 20.2 Å². The van der Waals surface area contributed by atoms with Crippen molar-refractivity contribution in [1.29, 1.82) is 0 Å². The number of anilines is 1. The summed E-state index contributed by atoms with van der Waals surface area (Å²) in [4.78, 5) is 23.7. The Morgan fingerprint density at radius 3 is 2.90 bits per heavy atom. The third kappa shape index (κ3) is 5.19. The van der Waals surface area contributed by atoms with E-state index in [1.165, 1.54) is 5.56 Å². The highest BCUT2D eigenvalue weighted by molar-refractivity contribution is 5.98. The number of nitrogens with two attached hydrogens (primary N) is 1. The van der Waals surface area contributed by atoms with Gasteiger partial charge in [-0.25, -0.2) is 0 Å². The second-order valence-corrected chi connectivity index (χ2v) is 7.21. The third-order valence-electron chi connectivity index (χ3n) is 5.02. The molecule has 158 valence electrons. The summed E-state index contributed by atoms with van der Waals surface area (Å²) in [6.07, 6.45) is 5.38. The SMILES string of the molecule is NC(=NOCC(=O)N1CCCc2ccccc21)c1cccc(OCc2cccnc2)c1. The predicted octanol–water partition coefficient (Wildman–Crippen LogP) is 3.28. The molecule has 7 heteroatoms. The van der Waals surface area contributed by atoms with Crippen molar-refractivity contribution in [2.75, 3.05) is 18.1 Å². The van der Waals surface area contributed by atoms with Crippen LogP contribution in [0.2, 0.25) is 0 Å². The molecule has 0 saturated heterocycles. The van der Waals surface area contributed by atoms with E-state index in [2.05, 4.69) is 16.2 Å². The van der Waals surface area contributed by atoms with E-state index in [-0.39, 0.29) is 18.3 Å². The molecule has 0 spiro atoms. The van der Waals surface area contributed by atoms with Gasteiger partial charge in [-0.2, -0.15) is 0 Å². The fraction of sp³-hybridized carbons (Fsp3) is 0.208. The van der Waals surface area contributed by atoms with Crippen LogP contribution in [0.3, 0.4) is 0 Å². The lowest BCUT2D eigenvalue weighted by Gasteiger charge is -2.28. The summed E-state index contributed by atoms with van der Waals surface area (Å²) in [6.45, 7) is 0.900. The zero-order valence-electron chi connectivity index (χ0n) is 17.1. The number of amidine groups is 1. The van der Waals surface area contributed by atoms with Crippen molar-refractivity contribution in [3.8, 4) is 5.75 Å². The summed E-state index contributed by atoms with van der Waals surface area (Å²) in [5, 5.41) is 3.93. The fourth-order valence-electron chi connectivity index (χ4n) is 3.48. The highest BCUT2D eigenvalue weighted by Crippen LogP contribution is 2.26. The highest BCUT2D eigenvalue weighted by atomic mass is 16.6. The number of carbonyl (C=O) groups excluding carboxylic acids is 1. The van der Waals surface area contributed by atoms with Crippen molar-refractivity contribution in [3.05, 3.63) is 89.7 Å². The first-order chi connectivity index (χ1) is 15.2. The quantitative estimate of drug-likeness (QED) is 0.363. The maximum absolute atomic E-state index is 12.6. The maximum Gasteiger partial charge on any atom is 0.267 e. The van der Waals surface area contributed by atoms with Crippen molar-refractivity contribution in [1.82, 2.24) is 4.98 Å². The van der Waals surface area contributed by atoms with Crippen LogP contribution in [0.1, 0.15) is 23.1 Å². The predicted molar refractivity (Wildman–Crippen MR) is 119 cm³/mol. The van der Waals surface area contributed by atoms with Crippen molar-refractivity contribution in [2.24, 2.45) is 10.9 Å². The normalized spacial score (nSPS) is 13.4. The van der Waals surface area contributed by atoms with Gasteiger partial charge in [0.2, 0.25) is 0 Å². The minimum absolute atomic E-state index is 0.141. The molecule has 0 aliphatic carbocycles. The molecule has 0 fully saturated rings.